The molecule has 0 spiro atoms. The van der Waals surface area contributed by atoms with Crippen molar-refractivity contribution in [1.82, 2.24) is 5.32 Å². The van der Waals surface area contributed by atoms with Crippen LogP contribution in [-0.2, 0) is 0 Å². The molecule has 4 N–H and O–H groups in total. The summed E-state index contributed by atoms with van der Waals surface area (Å²) in [5.74, 6) is -0.0856. The average molecular weight is 239 g/mol. The van der Waals surface area contributed by atoms with Crippen molar-refractivity contribution in [2.24, 2.45) is 0 Å². The van der Waals surface area contributed by atoms with E-state index in [2.05, 4.69) is 10.6 Å². The summed E-state index contributed by atoms with van der Waals surface area (Å²) in [6.07, 6.45) is -0.284. The van der Waals surface area contributed by atoms with Gasteiger partial charge in [0.25, 0.3) is 5.91 Å². The molecule has 0 unspecified atom stereocenters. The lowest BCUT2D eigenvalue weighted by molar-refractivity contribution is 0.0936. The summed E-state index contributed by atoms with van der Waals surface area (Å²) >= 11 is 0. The standard InChI is InChI=1S/C14H13N3O/c15-11-7-3-1-5-9(11)13-16-12-8-4-2-6-10(12)14(18)17-13/h1-8,13,16H,15H2,(H,17,18)/t13-/m1/s1. The maximum absolute atomic E-state index is 12.0. The van der Waals surface area contributed by atoms with Crippen LogP contribution >= 0.6 is 0 Å². The van der Waals surface area contributed by atoms with Crippen LogP contribution in [0.5, 0.6) is 0 Å². The number of fused-ring (bicyclic) bond motifs is 1. The van der Waals surface area contributed by atoms with Gasteiger partial charge < -0.3 is 16.4 Å². The lowest BCUT2D eigenvalue weighted by Gasteiger charge is -2.28. The van der Waals surface area contributed by atoms with Crippen LogP contribution in [0.3, 0.4) is 0 Å². The van der Waals surface area contributed by atoms with Gasteiger partial charge >= 0.3 is 0 Å². The molecule has 0 aliphatic carbocycles. The molecule has 3 rings (SSSR count). The zero-order valence-corrected chi connectivity index (χ0v) is 9.68. The van der Waals surface area contributed by atoms with Crippen LogP contribution in [0, 0.1) is 0 Å². The Hall–Kier alpha value is -2.49. The van der Waals surface area contributed by atoms with E-state index in [0.29, 0.717) is 11.3 Å². The van der Waals surface area contributed by atoms with E-state index in [9.17, 15) is 4.79 Å². The second-order valence-corrected chi connectivity index (χ2v) is 4.23. The van der Waals surface area contributed by atoms with Crippen molar-refractivity contribution in [1.29, 1.82) is 0 Å². The molecular formula is C14H13N3O. The molecule has 2 aromatic rings. The van der Waals surface area contributed by atoms with Crippen LogP contribution < -0.4 is 16.4 Å². The summed E-state index contributed by atoms with van der Waals surface area (Å²) in [7, 11) is 0. The Labute approximate surface area is 105 Å². The molecule has 0 fully saturated rings. The van der Waals surface area contributed by atoms with E-state index in [0.717, 1.165) is 11.3 Å². The fourth-order valence-electron chi connectivity index (χ4n) is 2.14. The van der Waals surface area contributed by atoms with Crippen molar-refractivity contribution in [3.8, 4) is 0 Å². The number of nitrogen functional groups attached to an aromatic ring is 1. The number of para-hydroxylation sites is 2. The summed E-state index contributed by atoms with van der Waals surface area (Å²) in [6.45, 7) is 0. The van der Waals surface area contributed by atoms with Crippen LogP contribution in [0.15, 0.2) is 48.5 Å². The zero-order chi connectivity index (χ0) is 12.5. The highest BCUT2D eigenvalue weighted by Crippen LogP contribution is 2.28. The van der Waals surface area contributed by atoms with E-state index >= 15 is 0 Å². The number of amides is 1. The lowest BCUT2D eigenvalue weighted by Crippen LogP contribution is -2.38. The van der Waals surface area contributed by atoms with E-state index < -0.39 is 0 Å². The van der Waals surface area contributed by atoms with Crippen molar-refractivity contribution in [3.05, 3.63) is 59.7 Å². The minimum atomic E-state index is -0.284. The zero-order valence-electron chi connectivity index (χ0n) is 9.68. The first-order valence-corrected chi connectivity index (χ1v) is 5.76. The van der Waals surface area contributed by atoms with Crippen LogP contribution in [-0.4, -0.2) is 5.91 Å². The number of nitrogens with one attached hydrogen (secondary N) is 2. The van der Waals surface area contributed by atoms with Gasteiger partial charge in [0.05, 0.1) is 5.56 Å². The number of carbonyl (C=O) groups excluding carboxylic acids is 1. The van der Waals surface area contributed by atoms with Crippen molar-refractivity contribution in [2.45, 2.75) is 6.17 Å². The van der Waals surface area contributed by atoms with Gasteiger partial charge in [-0.3, -0.25) is 4.79 Å². The van der Waals surface area contributed by atoms with Gasteiger partial charge in [-0.15, -0.1) is 0 Å². The number of carbonyl (C=O) groups is 1. The SMILES string of the molecule is Nc1ccccc1[C@H]1NC(=O)c2ccccc2N1. The van der Waals surface area contributed by atoms with E-state index in [4.69, 9.17) is 5.73 Å². The maximum Gasteiger partial charge on any atom is 0.255 e. The fraction of sp³-hybridized carbons (Fsp3) is 0.0714. The molecule has 1 amide bonds. The van der Waals surface area contributed by atoms with Gasteiger partial charge in [-0.1, -0.05) is 30.3 Å². The van der Waals surface area contributed by atoms with Gasteiger partial charge in [0.2, 0.25) is 0 Å². The van der Waals surface area contributed by atoms with Gasteiger partial charge in [0, 0.05) is 16.9 Å². The number of benzene rings is 2. The number of hydrogen-bond acceptors (Lipinski definition) is 3. The first-order chi connectivity index (χ1) is 8.75. The number of hydrogen-bond donors (Lipinski definition) is 3. The second kappa shape index (κ2) is 4.07. The Kier molecular flexibility index (Phi) is 2.41. The molecule has 4 nitrogen and oxygen atoms in total. The van der Waals surface area contributed by atoms with Gasteiger partial charge in [-0.2, -0.15) is 0 Å². The third-order valence-electron chi connectivity index (χ3n) is 3.05. The summed E-state index contributed by atoms with van der Waals surface area (Å²) in [6, 6.07) is 14.9. The highest BCUT2D eigenvalue weighted by atomic mass is 16.2. The molecule has 1 aliphatic rings. The molecule has 0 saturated carbocycles. The molecule has 0 bridgehead atoms. The first-order valence-electron chi connectivity index (χ1n) is 5.76. The monoisotopic (exact) mass is 239 g/mol. The van der Waals surface area contributed by atoms with Crippen molar-refractivity contribution in [2.75, 3.05) is 11.1 Å². The molecule has 1 atom stereocenters. The molecule has 4 heteroatoms. The van der Waals surface area contributed by atoms with Crippen molar-refractivity contribution >= 4 is 17.3 Å². The minimum absolute atomic E-state index is 0.0856. The predicted octanol–water partition coefficient (Wildman–Crippen LogP) is 2.12. The molecule has 0 saturated heterocycles. The quantitative estimate of drug-likeness (QED) is 0.668. The lowest BCUT2D eigenvalue weighted by atomic mass is 10.0. The molecule has 1 aliphatic heterocycles. The molecule has 90 valence electrons. The van der Waals surface area contributed by atoms with Crippen LogP contribution in [0.1, 0.15) is 22.1 Å². The van der Waals surface area contributed by atoms with Crippen LogP contribution in [0.2, 0.25) is 0 Å². The van der Waals surface area contributed by atoms with Gasteiger partial charge in [0.15, 0.2) is 0 Å². The summed E-state index contributed by atoms with van der Waals surface area (Å²) in [5, 5.41) is 6.17. The molecule has 0 aromatic heterocycles. The van der Waals surface area contributed by atoms with E-state index in [1.165, 1.54) is 0 Å². The third kappa shape index (κ3) is 1.68. The number of anilines is 2. The first kappa shape index (κ1) is 10.7. The Balaban J connectivity index is 2.00. The normalized spacial score (nSPS) is 17.6. The van der Waals surface area contributed by atoms with Crippen molar-refractivity contribution < 1.29 is 4.79 Å². The van der Waals surface area contributed by atoms with Crippen molar-refractivity contribution in [3.63, 3.8) is 0 Å². The Morgan fingerprint density at radius 3 is 2.50 bits per heavy atom. The highest BCUT2D eigenvalue weighted by Gasteiger charge is 2.24. The fourth-order valence-corrected chi connectivity index (χ4v) is 2.14. The Bertz CT molecular complexity index is 609. The van der Waals surface area contributed by atoms with Gasteiger partial charge in [-0.05, 0) is 18.2 Å². The maximum atomic E-state index is 12.0. The Morgan fingerprint density at radius 2 is 1.67 bits per heavy atom. The smallest absolute Gasteiger partial charge is 0.255 e. The van der Waals surface area contributed by atoms with Crippen LogP contribution in [0.25, 0.3) is 0 Å². The van der Waals surface area contributed by atoms with Gasteiger partial charge in [0.1, 0.15) is 6.17 Å². The van der Waals surface area contributed by atoms with Crippen LogP contribution in [0.4, 0.5) is 11.4 Å². The predicted molar refractivity (Wildman–Crippen MR) is 71.1 cm³/mol. The van der Waals surface area contributed by atoms with E-state index in [1.807, 2.05) is 42.5 Å². The second-order valence-electron chi connectivity index (χ2n) is 4.23. The summed E-state index contributed by atoms with van der Waals surface area (Å²) in [5.41, 5.74) is 8.95. The third-order valence-corrected chi connectivity index (χ3v) is 3.05. The average Bonchev–Trinajstić information content (AvgIpc) is 2.39. The van der Waals surface area contributed by atoms with Gasteiger partial charge in [-0.25, -0.2) is 0 Å². The number of rotatable bonds is 1. The molecule has 2 aromatic carbocycles. The molecule has 18 heavy (non-hydrogen) atoms. The largest absolute Gasteiger partial charge is 0.398 e. The molecule has 0 radical (unpaired) electrons. The summed E-state index contributed by atoms with van der Waals surface area (Å²) < 4.78 is 0. The Morgan fingerprint density at radius 1 is 0.944 bits per heavy atom. The minimum Gasteiger partial charge on any atom is -0.398 e. The summed E-state index contributed by atoms with van der Waals surface area (Å²) in [4.78, 5) is 12.0. The molecule has 1 heterocycles. The topological polar surface area (TPSA) is 67.1 Å². The van der Waals surface area contributed by atoms with E-state index in [1.54, 1.807) is 6.07 Å². The van der Waals surface area contributed by atoms with E-state index in [-0.39, 0.29) is 12.1 Å². The molecular weight excluding hydrogens is 226 g/mol. The number of nitrogens with two attached hydrogens (primary N) is 1. The highest BCUT2D eigenvalue weighted by molar-refractivity contribution is 6.01.